The highest BCUT2D eigenvalue weighted by atomic mass is 16.5. The Morgan fingerprint density at radius 1 is 1.54 bits per heavy atom. The van der Waals surface area contributed by atoms with Gasteiger partial charge in [0, 0.05) is 6.20 Å². The van der Waals surface area contributed by atoms with Gasteiger partial charge >= 0.3 is 0 Å². The van der Waals surface area contributed by atoms with E-state index in [0.717, 1.165) is 18.4 Å². The molecule has 1 aromatic rings. The summed E-state index contributed by atoms with van der Waals surface area (Å²) >= 11 is 0. The molecule has 0 saturated heterocycles. The lowest BCUT2D eigenvalue weighted by Gasteiger charge is -2.06. The van der Waals surface area contributed by atoms with Crippen LogP contribution in [-0.4, -0.2) is 11.6 Å². The van der Waals surface area contributed by atoms with Gasteiger partial charge in [0.1, 0.15) is 0 Å². The van der Waals surface area contributed by atoms with Gasteiger partial charge in [-0.05, 0) is 25.0 Å². The van der Waals surface area contributed by atoms with Crippen molar-refractivity contribution in [2.75, 3.05) is 12.3 Å². The minimum absolute atomic E-state index is 0.555. The van der Waals surface area contributed by atoms with Crippen LogP contribution in [0.3, 0.4) is 0 Å². The number of aryl methyl sites for hydroxylation is 1. The van der Waals surface area contributed by atoms with E-state index in [-0.39, 0.29) is 0 Å². The second kappa shape index (κ2) is 4.70. The molecule has 0 fully saturated rings. The molecule has 0 atom stereocenters. The third-order valence-corrected chi connectivity index (χ3v) is 1.75. The maximum Gasteiger partial charge on any atom is 0.237 e. The van der Waals surface area contributed by atoms with Crippen molar-refractivity contribution in [3.05, 3.63) is 17.8 Å². The Morgan fingerprint density at radius 3 is 2.92 bits per heavy atom. The molecule has 0 amide bonds. The minimum Gasteiger partial charge on any atom is -0.476 e. The summed E-state index contributed by atoms with van der Waals surface area (Å²) in [6.45, 7) is 4.77. The third kappa shape index (κ3) is 2.93. The van der Waals surface area contributed by atoms with Crippen LogP contribution < -0.4 is 10.5 Å². The first-order chi connectivity index (χ1) is 6.24. The number of hydrogen-bond donors (Lipinski definition) is 1. The highest BCUT2D eigenvalue weighted by molar-refractivity contribution is 5.49. The minimum atomic E-state index is 0.555. The molecule has 0 bridgehead atoms. The van der Waals surface area contributed by atoms with E-state index >= 15 is 0 Å². The van der Waals surface area contributed by atoms with Gasteiger partial charge in [-0.25, -0.2) is 4.98 Å². The first-order valence-electron chi connectivity index (χ1n) is 4.59. The van der Waals surface area contributed by atoms with Crippen LogP contribution in [0, 0.1) is 6.92 Å². The largest absolute Gasteiger partial charge is 0.476 e. The van der Waals surface area contributed by atoms with Crippen molar-refractivity contribution in [1.82, 2.24) is 4.98 Å². The van der Waals surface area contributed by atoms with E-state index in [1.165, 1.54) is 0 Å². The zero-order chi connectivity index (χ0) is 9.68. The number of rotatable bonds is 4. The third-order valence-electron chi connectivity index (χ3n) is 1.75. The van der Waals surface area contributed by atoms with E-state index < -0.39 is 0 Å². The smallest absolute Gasteiger partial charge is 0.237 e. The summed E-state index contributed by atoms with van der Waals surface area (Å²) in [7, 11) is 0. The van der Waals surface area contributed by atoms with Crippen LogP contribution in [0.15, 0.2) is 12.3 Å². The van der Waals surface area contributed by atoms with Crippen LogP contribution in [0.25, 0.3) is 0 Å². The maximum atomic E-state index is 5.72. The zero-order valence-corrected chi connectivity index (χ0v) is 8.21. The second-order valence-electron chi connectivity index (χ2n) is 3.11. The average Bonchev–Trinajstić information content (AvgIpc) is 2.09. The fraction of sp³-hybridized carbons (Fsp3) is 0.500. The Bertz CT molecular complexity index is 274. The van der Waals surface area contributed by atoms with Crippen molar-refractivity contribution in [2.24, 2.45) is 0 Å². The van der Waals surface area contributed by atoms with E-state index in [1.54, 1.807) is 6.20 Å². The van der Waals surface area contributed by atoms with E-state index in [2.05, 4.69) is 11.9 Å². The predicted molar refractivity (Wildman–Crippen MR) is 53.8 cm³/mol. The fourth-order valence-electron chi connectivity index (χ4n) is 1.01. The first-order valence-corrected chi connectivity index (χ1v) is 4.59. The summed E-state index contributed by atoms with van der Waals surface area (Å²) in [6, 6.07) is 1.87. The molecule has 1 heterocycles. The van der Waals surface area contributed by atoms with Gasteiger partial charge < -0.3 is 10.5 Å². The molecule has 0 saturated carbocycles. The lowest BCUT2D eigenvalue weighted by atomic mass is 10.3. The lowest BCUT2D eigenvalue weighted by molar-refractivity contribution is 0.299. The summed E-state index contributed by atoms with van der Waals surface area (Å²) in [5.41, 5.74) is 7.39. The summed E-state index contributed by atoms with van der Waals surface area (Å²) in [5.74, 6) is 0.555. The molecule has 1 aromatic heterocycles. The van der Waals surface area contributed by atoms with Crippen LogP contribution in [0.5, 0.6) is 5.88 Å². The molecule has 3 nitrogen and oxygen atoms in total. The number of unbranched alkanes of at least 4 members (excludes halogenated alkanes) is 1. The topological polar surface area (TPSA) is 48.1 Å². The zero-order valence-electron chi connectivity index (χ0n) is 8.21. The molecule has 0 spiro atoms. The number of nitrogen functional groups attached to an aromatic ring is 1. The average molecular weight is 180 g/mol. The number of nitrogens with zero attached hydrogens (tertiary/aromatic N) is 1. The molecular formula is C10H16N2O. The molecule has 0 aliphatic rings. The van der Waals surface area contributed by atoms with Gasteiger partial charge in [-0.1, -0.05) is 13.3 Å². The Morgan fingerprint density at radius 2 is 2.31 bits per heavy atom. The monoisotopic (exact) mass is 180 g/mol. The van der Waals surface area contributed by atoms with Crippen molar-refractivity contribution in [2.45, 2.75) is 26.7 Å². The standard InChI is InChI=1S/C10H16N2O/c1-3-4-5-13-10-9(11)6-8(2)7-12-10/h6-7H,3-5,11H2,1-2H3. The summed E-state index contributed by atoms with van der Waals surface area (Å²) in [4.78, 5) is 4.10. The SMILES string of the molecule is CCCCOc1ncc(C)cc1N. The normalized spacial score (nSPS) is 10.0. The molecule has 0 aliphatic carbocycles. The molecule has 1 rings (SSSR count). The number of anilines is 1. The number of nitrogens with two attached hydrogens (primary N) is 1. The van der Waals surface area contributed by atoms with Crippen LogP contribution >= 0.6 is 0 Å². The Balaban J connectivity index is 2.56. The number of aromatic nitrogens is 1. The fourth-order valence-corrected chi connectivity index (χ4v) is 1.01. The first kappa shape index (κ1) is 9.84. The van der Waals surface area contributed by atoms with Crippen molar-refractivity contribution in [3.63, 3.8) is 0 Å². The highest BCUT2D eigenvalue weighted by Crippen LogP contribution is 2.18. The van der Waals surface area contributed by atoms with E-state index in [0.29, 0.717) is 18.2 Å². The molecule has 0 aromatic carbocycles. The summed E-state index contributed by atoms with van der Waals surface area (Å²) < 4.78 is 5.40. The van der Waals surface area contributed by atoms with Gasteiger partial charge in [0.25, 0.3) is 0 Å². The van der Waals surface area contributed by atoms with E-state index in [4.69, 9.17) is 10.5 Å². The van der Waals surface area contributed by atoms with Crippen molar-refractivity contribution >= 4 is 5.69 Å². The number of pyridine rings is 1. The van der Waals surface area contributed by atoms with Gasteiger partial charge in [-0.3, -0.25) is 0 Å². The Labute approximate surface area is 78.9 Å². The molecule has 3 heteroatoms. The van der Waals surface area contributed by atoms with E-state index in [9.17, 15) is 0 Å². The quantitative estimate of drug-likeness (QED) is 0.722. The molecular weight excluding hydrogens is 164 g/mol. The van der Waals surface area contributed by atoms with Crippen LogP contribution in [0.2, 0.25) is 0 Å². The summed E-state index contributed by atoms with van der Waals surface area (Å²) in [6.07, 6.45) is 3.92. The second-order valence-corrected chi connectivity index (χ2v) is 3.11. The number of ether oxygens (including phenoxy) is 1. The van der Waals surface area contributed by atoms with Gasteiger partial charge in [0.15, 0.2) is 0 Å². The maximum absolute atomic E-state index is 5.72. The highest BCUT2D eigenvalue weighted by Gasteiger charge is 2.00. The van der Waals surface area contributed by atoms with Crippen molar-refractivity contribution in [1.29, 1.82) is 0 Å². The van der Waals surface area contributed by atoms with Gasteiger partial charge in [-0.2, -0.15) is 0 Å². The van der Waals surface area contributed by atoms with Gasteiger partial charge in [-0.15, -0.1) is 0 Å². The molecule has 72 valence electrons. The van der Waals surface area contributed by atoms with Crippen molar-refractivity contribution < 1.29 is 4.74 Å². The molecule has 13 heavy (non-hydrogen) atoms. The van der Waals surface area contributed by atoms with Gasteiger partial charge in [0.05, 0.1) is 12.3 Å². The molecule has 0 unspecified atom stereocenters. The Kier molecular flexibility index (Phi) is 3.55. The molecule has 2 N–H and O–H groups in total. The van der Waals surface area contributed by atoms with Crippen LogP contribution in [0.4, 0.5) is 5.69 Å². The van der Waals surface area contributed by atoms with Crippen LogP contribution in [-0.2, 0) is 0 Å². The molecule has 0 radical (unpaired) electrons. The van der Waals surface area contributed by atoms with Crippen molar-refractivity contribution in [3.8, 4) is 5.88 Å². The predicted octanol–water partition coefficient (Wildman–Crippen LogP) is 2.15. The van der Waals surface area contributed by atoms with Crippen LogP contribution in [0.1, 0.15) is 25.3 Å². The summed E-state index contributed by atoms with van der Waals surface area (Å²) in [5, 5.41) is 0. The molecule has 0 aliphatic heterocycles. The van der Waals surface area contributed by atoms with Gasteiger partial charge in [0.2, 0.25) is 5.88 Å². The van der Waals surface area contributed by atoms with E-state index in [1.807, 2.05) is 13.0 Å². The lowest BCUT2D eigenvalue weighted by Crippen LogP contribution is -2.02. The Hall–Kier alpha value is -1.25. The number of hydrogen-bond acceptors (Lipinski definition) is 3.